The average molecular weight is 339 g/mol. The smallest absolute Gasteiger partial charge is 0.307 e. The minimum absolute atomic E-state index is 0.00600. The maximum Gasteiger partial charge on any atom is 0.307 e. The van der Waals surface area contributed by atoms with E-state index in [0.29, 0.717) is 16.8 Å². The minimum Gasteiger partial charge on any atom is -0.489 e. The highest BCUT2D eigenvalue weighted by Crippen LogP contribution is 2.22. The fourth-order valence-electron chi connectivity index (χ4n) is 1.66. The zero-order valence-electron chi connectivity index (χ0n) is 10.5. The summed E-state index contributed by atoms with van der Waals surface area (Å²) in [6, 6.07) is 11.6. The molecule has 2 aromatic rings. The lowest BCUT2D eigenvalue weighted by Crippen LogP contribution is -2.01. The lowest BCUT2D eigenvalue weighted by molar-refractivity contribution is -0.136. The van der Waals surface area contributed by atoms with E-state index in [2.05, 4.69) is 15.9 Å². The van der Waals surface area contributed by atoms with Crippen LogP contribution >= 0.6 is 15.9 Å². The second-order valence-electron chi connectivity index (χ2n) is 4.25. The number of rotatable bonds is 5. The molecule has 0 amide bonds. The summed E-state index contributed by atoms with van der Waals surface area (Å²) < 4.78 is 18.9. The number of hydrogen-bond acceptors (Lipinski definition) is 2. The van der Waals surface area contributed by atoms with Gasteiger partial charge in [0.2, 0.25) is 0 Å². The number of carboxylic acid groups (broad SMARTS) is 1. The van der Waals surface area contributed by atoms with Gasteiger partial charge in [-0.2, -0.15) is 0 Å². The summed E-state index contributed by atoms with van der Waals surface area (Å²) in [5.41, 5.74) is 1.66. The van der Waals surface area contributed by atoms with Crippen LogP contribution < -0.4 is 4.74 Å². The van der Waals surface area contributed by atoms with Crippen LogP contribution in [0.2, 0.25) is 0 Å². The average Bonchev–Trinajstić information content (AvgIpc) is 2.41. The number of benzene rings is 2. The molecule has 0 aliphatic heterocycles. The van der Waals surface area contributed by atoms with Gasteiger partial charge in [0.1, 0.15) is 18.2 Å². The van der Waals surface area contributed by atoms with Gasteiger partial charge in [0.25, 0.3) is 0 Å². The van der Waals surface area contributed by atoms with E-state index in [1.807, 2.05) is 12.1 Å². The van der Waals surface area contributed by atoms with Crippen LogP contribution in [-0.4, -0.2) is 11.1 Å². The normalized spacial score (nSPS) is 10.3. The lowest BCUT2D eigenvalue weighted by Gasteiger charge is -2.07. The van der Waals surface area contributed by atoms with E-state index in [1.165, 1.54) is 6.07 Å². The topological polar surface area (TPSA) is 46.5 Å². The molecule has 0 fully saturated rings. The Morgan fingerprint density at radius 3 is 2.40 bits per heavy atom. The first kappa shape index (κ1) is 14.5. The van der Waals surface area contributed by atoms with E-state index in [-0.39, 0.29) is 12.2 Å². The Morgan fingerprint density at radius 1 is 1.15 bits per heavy atom. The molecule has 3 nitrogen and oxygen atoms in total. The molecule has 0 radical (unpaired) electrons. The molecule has 0 aromatic heterocycles. The number of hydrogen-bond donors (Lipinski definition) is 1. The van der Waals surface area contributed by atoms with Gasteiger partial charge >= 0.3 is 5.97 Å². The largest absolute Gasteiger partial charge is 0.489 e. The Bertz CT molecular complexity index is 611. The molecule has 2 aromatic carbocycles. The number of halogens is 2. The minimum atomic E-state index is -0.856. The van der Waals surface area contributed by atoms with E-state index in [1.54, 1.807) is 24.3 Å². The van der Waals surface area contributed by atoms with Gasteiger partial charge < -0.3 is 9.84 Å². The molecule has 1 N–H and O–H groups in total. The van der Waals surface area contributed by atoms with Crippen LogP contribution in [0.15, 0.2) is 46.9 Å². The third-order valence-corrected chi connectivity index (χ3v) is 3.28. The van der Waals surface area contributed by atoms with Crippen molar-refractivity contribution in [2.75, 3.05) is 0 Å². The Hall–Kier alpha value is -1.88. The van der Waals surface area contributed by atoms with Crippen molar-refractivity contribution in [3.05, 3.63) is 63.9 Å². The molecule has 0 saturated heterocycles. The van der Waals surface area contributed by atoms with Crippen LogP contribution in [0.5, 0.6) is 5.75 Å². The third-order valence-electron chi connectivity index (χ3n) is 2.67. The zero-order chi connectivity index (χ0) is 14.5. The van der Waals surface area contributed by atoms with Crippen molar-refractivity contribution in [3.63, 3.8) is 0 Å². The quantitative estimate of drug-likeness (QED) is 0.901. The van der Waals surface area contributed by atoms with E-state index in [0.717, 1.165) is 11.1 Å². The third kappa shape index (κ3) is 4.06. The number of carboxylic acids is 1. The molecule has 0 saturated carbocycles. The van der Waals surface area contributed by atoms with Crippen molar-refractivity contribution in [2.24, 2.45) is 0 Å². The van der Waals surface area contributed by atoms with Crippen LogP contribution in [0.3, 0.4) is 0 Å². The molecule has 20 heavy (non-hydrogen) atoms. The van der Waals surface area contributed by atoms with E-state index < -0.39 is 5.97 Å². The van der Waals surface area contributed by atoms with Gasteiger partial charge in [-0.1, -0.05) is 24.3 Å². The SMILES string of the molecule is O=C(O)Cc1ccc(COc2ccc(F)c(Br)c2)cc1. The summed E-state index contributed by atoms with van der Waals surface area (Å²) >= 11 is 3.09. The first-order valence-corrected chi connectivity index (χ1v) is 6.71. The van der Waals surface area contributed by atoms with E-state index in [9.17, 15) is 9.18 Å². The van der Waals surface area contributed by atoms with Crippen LogP contribution in [0, 0.1) is 5.82 Å². The highest BCUT2D eigenvalue weighted by molar-refractivity contribution is 9.10. The first-order chi connectivity index (χ1) is 9.54. The summed E-state index contributed by atoms with van der Waals surface area (Å²) in [4.78, 5) is 10.6. The fraction of sp³-hybridized carbons (Fsp3) is 0.133. The van der Waals surface area contributed by atoms with Crippen molar-refractivity contribution < 1.29 is 19.0 Å². The Kier molecular flexibility index (Phi) is 4.74. The standard InChI is InChI=1S/C15H12BrFO3/c16-13-8-12(5-6-14(13)17)20-9-11-3-1-10(2-4-11)7-15(18)19/h1-6,8H,7,9H2,(H,18,19). The van der Waals surface area contributed by atoms with Crippen LogP contribution in [0.25, 0.3) is 0 Å². The first-order valence-electron chi connectivity index (χ1n) is 5.92. The van der Waals surface area contributed by atoms with Crippen molar-refractivity contribution in [2.45, 2.75) is 13.0 Å². The summed E-state index contributed by atoms with van der Waals surface area (Å²) in [7, 11) is 0. The summed E-state index contributed by atoms with van der Waals surface area (Å²) in [5, 5.41) is 8.68. The van der Waals surface area contributed by atoms with Gasteiger partial charge in [-0.25, -0.2) is 4.39 Å². The predicted octanol–water partition coefficient (Wildman–Crippen LogP) is 3.79. The molecule has 5 heteroatoms. The highest BCUT2D eigenvalue weighted by Gasteiger charge is 2.03. The molecule has 0 unspecified atom stereocenters. The van der Waals surface area contributed by atoms with Gasteiger partial charge in [-0.15, -0.1) is 0 Å². The Balaban J connectivity index is 1.96. The number of carbonyl (C=O) groups is 1. The fourth-order valence-corrected chi connectivity index (χ4v) is 2.02. The van der Waals surface area contributed by atoms with E-state index in [4.69, 9.17) is 9.84 Å². The summed E-state index contributed by atoms with van der Waals surface area (Å²) in [6.07, 6.45) is 0.00600. The summed E-state index contributed by atoms with van der Waals surface area (Å²) in [5.74, 6) is -0.631. The molecular formula is C15H12BrFO3. The van der Waals surface area contributed by atoms with Crippen LogP contribution in [-0.2, 0) is 17.8 Å². The van der Waals surface area contributed by atoms with Gasteiger partial charge in [0.05, 0.1) is 10.9 Å². The molecule has 0 heterocycles. The number of aliphatic carboxylic acids is 1. The molecule has 0 aliphatic rings. The molecule has 0 atom stereocenters. The Morgan fingerprint density at radius 2 is 1.80 bits per heavy atom. The second kappa shape index (κ2) is 6.52. The van der Waals surface area contributed by atoms with Gasteiger partial charge in [-0.05, 0) is 45.3 Å². The molecule has 2 rings (SSSR count). The van der Waals surface area contributed by atoms with Crippen LogP contribution in [0.1, 0.15) is 11.1 Å². The van der Waals surface area contributed by atoms with Gasteiger partial charge in [-0.3, -0.25) is 4.79 Å². The monoisotopic (exact) mass is 338 g/mol. The molecular weight excluding hydrogens is 327 g/mol. The highest BCUT2D eigenvalue weighted by atomic mass is 79.9. The van der Waals surface area contributed by atoms with Gasteiger partial charge in [0.15, 0.2) is 0 Å². The van der Waals surface area contributed by atoms with Crippen molar-refractivity contribution in [1.29, 1.82) is 0 Å². The second-order valence-corrected chi connectivity index (χ2v) is 5.11. The molecule has 104 valence electrons. The Labute approximate surface area is 124 Å². The molecule has 0 spiro atoms. The number of ether oxygens (including phenoxy) is 1. The van der Waals surface area contributed by atoms with Crippen molar-refractivity contribution in [1.82, 2.24) is 0 Å². The van der Waals surface area contributed by atoms with Crippen molar-refractivity contribution in [3.8, 4) is 5.75 Å². The lowest BCUT2D eigenvalue weighted by atomic mass is 10.1. The maximum atomic E-state index is 13.1. The summed E-state index contributed by atoms with van der Waals surface area (Å²) in [6.45, 7) is 0.339. The van der Waals surface area contributed by atoms with Crippen LogP contribution in [0.4, 0.5) is 4.39 Å². The van der Waals surface area contributed by atoms with Crippen molar-refractivity contribution >= 4 is 21.9 Å². The van der Waals surface area contributed by atoms with E-state index >= 15 is 0 Å². The molecule has 0 aliphatic carbocycles. The predicted molar refractivity (Wildman–Crippen MR) is 76.2 cm³/mol. The maximum absolute atomic E-state index is 13.1. The molecule has 0 bridgehead atoms. The van der Waals surface area contributed by atoms with Gasteiger partial charge in [0, 0.05) is 0 Å². The zero-order valence-corrected chi connectivity index (χ0v) is 12.1.